The summed E-state index contributed by atoms with van der Waals surface area (Å²) in [6, 6.07) is 0. The second kappa shape index (κ2) is 7.01. The highest BCUT2D eigenvalue weighted by Gasteiger charge is 2.18. The lowest BCUT2D eigenvalue weighted by Gasteiger charge is -2.29. The molecule has 0 radical (unpaired) electrons. The fraction of sp³-hybridized carbons (Fsp3) is 0.500. The Bertz CT molecular complexity index is 356. The molecule has 1 heteroatoms. The minimum Gasteiger partial charge on any atom is -0.347 e. The summed E-state index contributed by atoms with van der Waals surface area (Å²) in [5.74, 6) is 2.54. The van der Waals surface area contributed by atoms with Crippen LogP contribution in [-0.2, 0) is 0 Å². The van der Waals surface area contributed by atoms with Crippen LogP contribution in [0.25, 0.3) is 0 Å². The van der Waals surface area contributed by atoms with E-state index in [1.54, 1.807) is 6.08 Å². The van der Waals surface area contributed by atoms with E-state index in [1.165, 1.54) is 11.3 Å². The Morgan fingerprint density at radius 3 is 2.18 bits per heavy atom. The van der Waals surface area contributed by atoms with Gasteiger partial charge in [0.1, 0.15) is 0 Å². The molecule has 0 aromatic heterocycles. The van der Waals surface area contributed by atoms with Crippen LogP contribution in [0.4, 0.5) is 0 Å². The predicted molar refractivity (Wildman–Crippen MR) is 77.3 cm³/mol. The standard InChI is InChI=1S/C16H25N/c1-8-11-12-17(14(4)9-2)13-15(10-3)16(5,6)7/h1,9-12H,13H2,2-7H3/b12-11-,14-9-,15-10+. The second-order valence-corrected chi connectivity index (χ2v) is 5.10. The zero-order chi connectivity index (χ0) is 13.5. The van der Waals surface area contributed by atoms with Gasteiger partial charge in [0.2, 0.25) is 0 Å². The summed E-state index contributed by atoms with van der Waals surface area (Å²) in [5.41, 5.74) is 2.80. The molecule has 0 unspecified atom stereocenters. The third-order valence-corrected chi connectivity index (χ3v) is 2.87. The van der Waals surface area contributed by atoms with E-state index in [-0.39, 0.29) is 5.41 Å². The van der Waals surface area contributed by atoms with Gasteiger partial charge in [-0.3, -0.25) is 0 Å². The molecule has 0 aromatic rings. The van der Waals surface area contributed by atoms with Crippen molar-refractivity contribution in [1.29, 1.82) is 0 Å². The van der Waals surface area contributed by atoms with E-state index in [2.05, 4.69) is 57.6 Å². The lowest BCUT2D eigenvalue weighted by Crippen LogP contribution is -2.24. The van der Waals surface area contributed by atoms with E-state index in [0.717, 1.165) is 6.54 Å². The Kier molecular flexibility index (Phi) is 6.43. The normalized spacial score (nSPS) is 13.9. The molecule has 0 saturated heterocycles. The van der Waals surface area contributed by atoms with Crippen molar-refractivity contribution in [2.75, 3.05) is 6.54 Å². The highest BCUT2D eigenvalue weighted by molar-refractivity contribution is 5.18. The van der Waals surface area contributed by atoms with Crippen molar-refractivity contribution < 1.29 is 0 Å². The largest absolute Gasteiger partial charge is 0.347 e. The van der Waals surface area contributed by atoms with Gasteiger partial charge in [-0.25, -0.2) is 0 Å². The lowest BCUT2D eigenvalue weighted by molar-refractivity contribution is 0.417. The van der Waals surface area contributed by atoms with Crippen LogP contribution >= 0.6 is 0 Å². The zero-order valence-corrected chi connectivity index (χ0v) is 12.0. The van der Waals surface area contributed by atoms with Crippen LogP contribution in [0.2, 0.25) is 0 Å². The van der Waals surface area contributed by atoms with Gasteiger partial charge in [0.05, 0.1) is 0 Å². The molecule has 0 bridgehead atoms. The number of allylic oxidation sites excluding steroid dienone is 4. The Morgan fingerprint density at radius 1 is 1.24 bits per heavy atom. The minimum absolute atomic E-state index is 0.186. The maximum absolute atomic E-state index is 5.27. The molecule has 0 aliphatic rings. The van der Waals surface area contributed by atoms with Crippen molar-refractivity contribution in [2.45, 2.75) is 41.5 Å². The summed E-state index contributed by atoms with van der Waals surface area (Å²) in [6.07, 6.45) is 13.3. The molecule has 0 spiro atoms. The summed E-state index contributed by atoms with van der Waals surface area (Å²) in [6.45, 7) is 13.8. The van der Waals surface area contributed by atoms with Gasteiger partial charge in [-0.2, -0.15) is 0 Å². The first kappa shape index (κ1) is 15.6. The summed E-state index contributed by atoms with van der Waals surface area (Å²) in [5, 5.41) is 0. The first-order chi connectivity index (χ1) is 7.86. The summed E-state index contributed by atoms with van der Waals surface area (Å²) >= 11 is 0. The van der Waals surface area contributed by atoms with E-state index >= 15 is 0 Å². The SMILES string of the molecule is C#C/C=C\N(C/C(=C\C)C(C)(C)C)/C(C)=C\C. The maximum Gasteiger partial charge on any atom is 0.0437 e. The molecule has 0 N–H and O–H groups in total. The van der Waals surface area contributed by atoms with Gasteiger partial charge in [-0.1, -0.05) is 38.8 Å². The second-order valence-electron chi connectivity index (χ2n) is 5.10. The van der Waals surface area contributed by atoms with E-state index in [1.807, 2.05) is 13.1 Å². The van der Waals surface area contributed by atoms with Crippen LogP contribution in [-0.4, -0.2) is 11.4 Å². The third kappa shape index (κ3) is 5.45. The van der Waals surface area contributed by atoms with Gasteiger partial charge in [0.15, 0.2) is 0 Å². The van der Waals surface area contributed by atoms with Crippen molar-refractivity contribution in [2.24, 2.45) is 5.41 Å². The van der Waals surface area contributed by atoms with Gasteiger partial charge >= 0.3 is 0 Å². The van der Waals surface area contributed by atoms with Gasteiger partial charge in [-0.15, -0.1) is 6.42 Å². The Hall–Kier alpha value is -1.42. The first-order valence-electron chi connectivity index (χ1n) is 6.04. The summed E-state index contributed by atoms with van der Waals surface area (Å²) < 4.78 is 0. The molecule has 0 rings (SSSR count). The van der Waals surface area contributed by atoms with Crippen LogP contribution < -0.4 is 0 Å². The van der Waals surface area contributed by atoms with Gasteiger partial charge in [0.25, 0.3) is 0 Å². The van der Waals surface area contributed by atoms with E-state index in [9.17, 15) is 0 Å². The molecule has 0 heterocycles. The quantitative estimate of drug-likeness (QED) is 0.513. The van der Waals surface area contributed by atoms with Crippen molar-refractivity contribution >= 4 is 0 Å². The van der Waals surface area contributed by atoms with Crippen LogP contribution in [0.15, 0.2) is 35.7 Å². The Morgan fingerprint density at radius 2 is 1.82 bits per heavy atom. The smallest absolute Gasteiger partial charge is 0.0437 e. The molecule has 0 amide bonds. The van der Waals surface area contributed by atoms with E-state index in [4.69, 9.17) is 6.42 Å². The lowest BCUT2D eigenvalue weighted by atomic mass is 9.86. The Balaban J connectivity index is 5.01. The summed E-state index contributed by atoms with van der Waals surface area (Å²) in [4.78, 5) is 2.18. The monoisotopic (exact) mass is 231 g/mol. The van der Waals surface area contributed by atoms with E-state index in [0.29, 0.717) is 0 Å². The van der Waals surface area contributed by atoms with Crippen molar-refractivity contribution in [3.63, 3.8) is 0 Å². The molecule has 0 aromatic carbocycles. The van der Waals surface area contributed by atoms with Crippen LogP contribution in [0, 0.1) is 17.8 Å². The number of terminal acetylenes is 1. The van der Waals surface area contributed by atoms with Crippen LogP contribution in [0.1, 0.15) is 41.5 Å². The molecular formula is C16H25N. The molecule has 17 heavy (non-hydrogen) atoms. The van der Waals surface area contributed by atoms with Gasteiger partial charge in [-0.05, 0) is 31.8 Å². The van der Waals surface area contributed by atoms with E-state index < -0.39 is 0 Å². The molecule has 94 valence electrons. The fourth-order valence-corrected chi connectivity index (χ4v) is 1.54. The number of hydrogen-bond acceptors (Lipinski definition) is 1. The summed E-state index contributed by atoms with van der Waals surface area (Å²) in [7, 11) is 0. The van der Waals surface area contributed by atoms with Crippen LogP contribution in [0.5, 0.6) is 0 Å². The van der Waals surface area contributed by atoms with Gasteiger partial charge in [0, 0.05) is 24.5 Å². The fourth-order valence-electron chi connectivity index (χ4n) is 1.54. The van der Waals surface area contributed by atoms with Crippen molar-refractivity contribution in [1.82, 2.24) is 4.90 Å². The molecule has 0 fully saturated rings. The first-order valence-corrected chi connectivity index (χ1v) is 6.04. The Labute approximate surface area is 107 Å². The van der Waals surface area contributed by atoms with Crippen LogP contribution in [0.3, 0.4) is 0 Å². The maximum atomic E-state index is 5.27. The topological polar surface area (TPSA) is 3.24 Å². The average molecular weight is 231 g/mol. The molecule has 0 aliphatic heterocycles. The van der Waals surface area contributed by atoms with Crippen molar-refractivity contribution in [3.05, 3.63) is 35.7 Å². The number of hydrogen-bond donors (Lipinski definition) is 0. The predicted octanol–water partition coefficient (Wildman–Crippen LogP) is 4.35. The highest BCUT2D eigenvalue weighted by atomic mass is 15.1. The highest BCUT2D eigenvalue weighted by Crippen LogP contribution is 2.26. The minimum atomic E-state index is 0.186. The zero-order valence-electron chi connectivity index (χ0n) is 12.0. The van der Waals surface area contributed by atoms with Crippen molar-refractivity contribution in [3.8, 4) is 12.3 Å². The molecule has 0 atom stereocenters. The molecule has 1 nitrogen and oxygen atoms in total. The third-order valence-electron chi connectivity index (χ3n) is 2.87. The average Bonchev–Trinajstić information content (AvgIpc) is 2.26. The van der Waals surface area contributed by atoms with Gasteiger partial charge < -0.3 is 4.90 Å². The number of nitrogens with zero attached hydrogens (tertiary/aromatic N) is 1. The molecule has 0 aliphatic carbocycles. The molecule has 0 saturated carbocycles. The molecular weight excluding hydrogens is 206 g/mol. The number of rotatable bonds is 4.